The molecular weight excluding hydrogens is 192 g/mol. The SMILES string of the molecule is CC=NNC(=O)COc1cccc(C)c1. The molecule has 0 radical (unpaired) electrons. The number of amides is 1. The van der Waals surface area contributed by atoms with Gasteiger partial charge in [-0.3, -0.25) is 4.79 Å². The van der Waals surface area contributed by atoms with Gasteiger partial charge in [-0.15, -0.1) is 0 Å². The Bertz CT molecular complexity index is 361. The molecule has 0 saturated carbocycles. The summed E-state index contributed by atoms with van der Waals surface area (Å²) in [5.74, 6) is 0.417. The van der Waals surface area contributed by atoms with Gasteiger partial charge in [0.2, 0.25) is 0 Å². The highest BCUT2D eigenvalue weighted by molar-refractivity contribution is 5.78. The Morgan fingerprint density at radius 2 is 2.40 bits per heavy atom. The lowest BCUT2D eigenvalue weighted by Gasteiger charge is -2.05. The fourth-order valence-electron chi connectivity index (χ4n) is 1.02. The lowest BCUT2D eigenvalue weighted by atomic mass is 10.2. The molecule has 1 N–H and O–H groups in total. The van der Waals surface area contributed by atoms with Crippen molar-refractivity contribution in [1.29, 1.82) is 0 Å². The second kappa shape index (κ2) is 5.80. The Hall–Kier alpha value is -1.84. The van der Waals surface area contributed by atoms with Gasteiger partial charge in [-0.25, -0.2) is 5.43 Å². The summed E-state index contributed by atoms with van der Waals surface area (Å²) in [7, 11) is 0. The molecule has 1 aromatic rings. The van der Waals surface area contributed by atoms with Crippen LogP contribution >= 0.6 is 0 Å². The van der Waals surface area contributed by atoms with Crippen LogP contribution < -0.4 is 10.2 Å². The van der Waals surface area contributed by atoms with E-state index in [0.717, 1.165) is 5.56 Å². The lowest BCUT2D eigenvalue weighted by Crippen LogP contribution is -2.24. The van der Waals surface area contributed by atoms with E-state index in [0.29, 0.717) is 5.75 Å². The summed E-state index contributed by atoms with van der Waals surface area (Å²) in [6.07, 6.45) is 1.50. The Morgan fingerprint density at radius 3 is 3.07 bits per heavy atom. The number of hydrogen-bond donors (Lipinski definition) is 1. The van der Waals surface area contributed by atoms with Gasteiger partial charge in [-0.2, -0.15) is 5.10 Å². The van der Waals surface area contributed by atoms with Crippen molar-refractivity contribution in [2.45, 2.75) is 13.8 Å². The third kappa shape index (κ3) is 4.26. The molecule has 1 aromatic carbocycles. The molecule has 0 aromatic heterocycles. The highest BCUT2D eigenvalue weighted by Crippen LogP contribution is 2.11. The van der Waals surface area contributed by atoms with Gasteiger partial charge < -0.3 is 4.74 Å². The summed E-state index contributed by atoms with van der Waals surface area (Å²) in [4.78, 5) is 11.1. The fraction of sp³-hybridized carbons (Fsp3) is 0.273. The number of hydrogen-bond acceptors (Lipinski definition) is 3. The third-order valence-corrected chi connectivity index (χ3v) is 1.68. The minimum absolute atomic E-state index is 0.0270. The molecule has 0 atom stereocenters. The standard InChI is InChI=1S/C11H14N2O2/c1-3-12-13-11(14)8-15-10-6-4-5-9(2)7-10/h3-7H,8H2,1-2H3,(H,13,14). The number of benzene rings is 1. The molecule has 0 aliphatic rings. The number of hydrazone groups is 1. The molecule has 0 aliphatic carbocycles. The second-order valence-corrected chi connectivity index (χ2v) is 3.03. The van der Waals surface area contributed by atoms with E-state index in [-0.39, 0.29) is 12.5 Å². The maximum atomic E-state index is 11.1. The Morgan fingerprint density at radius 1 is 1.60 bits per heavy atom. The molecule has 0 aliphatic heterocycles. The molecule has 15 heavy (non-hydrogen) atoms. The first-order valence-corrected chi connectivity index (χ1v) is 4.68. The largest absolute Gasteiger partial charge is 0.484 e. The van der Waals surface area contributed by atoms with Gasteiger partial charge in [-0.1, -0.05) is 12.1 Å². The average molecular weight is 206 g/mol. The lowest BCUT2D eigenvalue weighted by molar-refractivity contribution is -0.123. The van der Waals surface area contributed by atoms with Crippen LogP contribution in [-0.2, 0) is 4.79 Å². The molecule has 4 nitrogen and oxygen atoms in total. The molecule has 0 heterocycles. The Balaban J connectivity index is 2.40. The van der Waals surface area contributed by atoms with Crippen LogP contribution in [0, 0.1) is 6.92 Å². The maximum Gasteiger partial charge on any atom is 0.277 e. The zero-order valence-electron chi connectivity index (χ0n) is 8.86. The van der Waals surface area contributed by atoms with Crippen molar-refractivity contribution < 1.29 is 9.53 Å². The van der Waals surface area contributed by atoms with Crippen LogP contribution in [-0.4, -0.2) is 18.7 Å². The predicted molar refractivity (Wildman–Crippen MR) is 59.0 cm³/mol. The quantitative estimate of drug-likeness (QED) is 0.599. The van der Waals surface area contributed by atoms with Gasteiger partial charge in [0.25, 0.3) is 5.91 Å². The summed E-state index contributed by atoms with van der Waals surface area (Å²) in [6.45, 7) is 3.66. The van der Waals surface area contributed by atoms with E-state index in [1.807, 2.05) is 31.2 Å². The van der Waals surface area contributed by atoms with Gasteiger partial charge in [0, 0.05) is 6.21 Å². The van der Waals surface area contributed by atoms with Gasteiger partial charge in [0.1, 0.15) is 5.75 Å². The van der Waals surface area contributed by atoms with Gasteiger partial charge in [-0.05, 0) is 31.5 Å². The monoisotopic (exact) mass is 206 g/mol. The van der Waals surface area contributed by atoms with Crippen molar-refractivity contribution in [2.24, 2.45) is 5.10 Å². The van der Waals surface area contributed by atoms with Gasteiger partial charge in [0.05, 0.1) is 0 Å². The summed E-state index contributed by atoms with van der Waals surface area (Å²) >= 11 is 0. The minimum Gasteiger partial charge on any atom is -0.484 e. The van der Waals surface area contributed by atoms with Gasteiger partial charge >= 0.3 is 0 Å². The molecule has 0 saturated heterocycles. The first kappa shape index (κ1) is 11.2. The van der Waals surface area contributed by atoms with E-state index >= 15 is 0 Å². The summed E-state index contributed by atoms with van der Waals surface area (Å²) in [6, 6.07) is 7.53. The normalized spacial score (nSPS) is 10.3. The number of carbonyl (C=O) groups is 1. The van der Waals surface area contributed by atoms with Crippen LogP contribution in [0.4, 0.5) is 0 Å². The molecule has 80 valence electrons. The number of nitrogens with zero attached hydrogens (tertiary/aromatic N) is 1. The van der Waals surface area contributed by atoms with Crippen LogP contribution in [0.25, 0.3) is 0 Å². The van der Waals surface area contributed by atoms with Crippen molar-refractivity contribution in [3.05, 3.63) is 29.8 Å². The van der Waals surface area contributed by atoms with Crippen LogP contribution in [0.1, 0.15) is 12.5 Å². The molecule has 1 rings (SSSR count). The van der Waals surface area contributed by atoms with Crippen molar-refractivity contribution >= 4 is 12.1 Å². The average Bonchev–Trinajstić information content (AvgIpc) is 2.23. The van der Waals surface area contributed by atoms with Crippen molar-refractivity contribution in [1.82, 2.24) is 5.43 Å². The van der Waals surface area contributed by atoms with Crippen LogP contribution in [0.3, 0.4) is 0 Å². The fourth-order valence-corrected chi connectivity index (χ4v) is 1.02. The van der Waals surface area contributed by atoms with E-state index < -0.39 is 0 Å². The Kier molecular flexibility index (Phi) is 4.34. The molecule has 0 unspecified atom stereocenters. The zero-order chi connectivity index (χ0) is 11.1. The molecule has 4 heteroatoms. The van der Waals surface area contributed by atoms with Crippen LogP contribution in [0.5, 0.6) is 5.75 Å². The first-order valence-electron chi connectivity index (χ1n) is 4.68. The smallest absolute Gasteiger partial charge is 0.277 e. The van der Waals surface area contributed by atoms with Crippen LogP contribution in [0.15, 0.2) is 29.4 Å². The molecule has 1 amide bonds. The highest BCUT2D eigenvalue weighted by Gasteiger charge is 2.00. The third-order valence-electron chi connectivity index (χ3n) is 1.68. The van der Waals surface area contributed by atoms with Crippen molar-refractivity contribution in [3.8, 4) is 5.75 Å². The van der Waals surface area contributed by atoms with Crippen molar-refractivity contribution in [2.75, 3.05) is 6.61 Å². The Labute approximate surface area is 88.9 Å². The van der Waals surface area contributed by atoms with Crippen molar-refractivity contribution in [3.63, 3.8) is 0 Å². The summed E-state index contributed by atoms with van der Waals surface area (Å²) in [5.41, 5.74) is 3.42. The molecular formula is C11H14N2O2. The highest BCUT2D eigenvalue weighted by atomic mass is 16.5. The molecule has 0 bridgehead atoms. The molecule has 0 fully saturated rings. The summed E-state index contributed by atoms with van der Waals surface area (Å²) in [5, 5.41) is 3.60. The number of carbonyl (C=O) groups excluding carboxylic acids is 1. The number of ether oxygens (including phenoxy) is 1. The van der Waals surface area contributed by atoms with E-state index in [2.05, 4.69) is 10.5 Å². The first-order chi connectivity index (χ1) is 7.22. The topological polar surface area (TPSA) is 50.7 Å². The number of aryl methyl sites for hydroxylation is 1. The van der Waals surface area contributed by atoms with Crippen LogP contribution in [0.2, 0.25) is 0 Å². The minimum atomic E-state index is -0.269. The van der Waals surface area contributed by atoms with E-state index in [1.54, 1.807) is 6.92 Å². The van der Waals surface area contributed by atoms with E-state index in [4.69, 9.17) is 4.74 Å². The number of rotatable bonds is 4. The number of nitrogens with one attached hydrogen (secondary N) is 1. The van der Waals surface area contributed by atoms with E-state index in [9.17, 15) is 4.79 Å². The predicted octanol–water partition coefficient (Wildman–Crippen LogP) is 1.50. The molecule has 0 spiro atoms. The maximum absolute atomic E-state index is 11.1. The second-order valence-electron chi connectivity index (χ2n) is 3.03. The van der Waals surface area contributed by atoms with E-state index in [1.165, 1.54) is 6.21 Å². The van der Waals surface area contributed by atoms with Gasteiger partial charge in [0.15, 0.2) is 6.61 Å². The zero-order valence-corrected chi connectivity index (χ0v) is 8.86. The summed E-state index contributed by atoms with van der Waals surface area (Å²) < 4.78 is 5.26.